The van der Waals surface area contributed by atoms with Crippen molar-refractivity contribution >= 4 is 34.1 Å². The first-order valence-corrected chi connectivity index (χ1v) is 10.3. The largest absolute Gasteiger partial charge is 0.481 e. The van der Waals surface area contributed by atoms with E-state index in [2.05, 4.69) is 31.4 Å². The van der Waals surface area contributed by atoms with Crippen LogP contribution in [0.3, 0.4) is 0 Å². The molecular formula is C20H30N2O4S. The number of nitrogens with one attached hydrogen (secondary N) is 2. The second kappa shape index (κ2) is 8.42. The summed E-state index contributed by atoms with van der Waals surface area (Å²) in [5.74, 6) is -1.03. The lowest BCUT2D eigenvalue weighted by molar-refractivity contribution is -0.138. The van der Waals surface area contributed by atoms with Gasteiger partial charge in [-0.25, -0.2) is 0 Å². The van der Waals surface area contributed by atoms with Crippen molar-refractivity contribution in [3.8, 4) is 0 Å². The van der Waals surface area contributed by atoms with Gasteiger partial charge in [0, 0.05) is 17.3 Å². The summed E-state index contributed by atoms with van der Waals surface area (Å²) >= 11 is 1.46. The molecule has 0 saturated heterocycles. The molecule has 0 aliphatic heterocycles. The van der Waals surface area contributed by atoms with Gasteiger partial charge >= 0.3 is 5.97 Å². The number of hydrogen-bond acceptors (Lipinski definition) is 4. The monoisotopic (exact) mass is 394 g/mol. The van der Waals surface area contributed by atoms with E-state index in [0.29, 0.717) is 16.5 Å². The van der Waals surface area contributed by atoms with Crippen molar-refractivity contribution in [1.29, 1.82) is 0 Å². The zero-order valence-electron chi connectivity index (χ0n) is 16.8. The summed E-state index contributed by atoms with van der Waals surface area (Å²) in [4.78, 5) is 36.8. The molecule has 0 bridgehead atoms. The van der Waals surface area contributed by atoms with Crippen molar-refractivity contribution in [2.75, 3.05) is 5.32 Å². The van der Waals surface area contributed by atoms with Crippen molar-refractivity contribution in [3.63, 3.8) is 0 Å². The molecule has 27 heavy (non-hydrogen) atoms. The van der Waals surface area contributed by atoms with Crippen molar-refractivity contribution < 1.29 is 19.5 Å². The minimum absolute atomic E-state index is 0.00507. The van der Waals surface area contributed by atoms with Crippen molar-refractivity contribution in [3.05, 3.63) is 16.0 Å². The summed E-state index contributed by atoms with van der Waals surface area (Å²) in [6, 6.07) is -0.00507. The molecule has 0 spiro atoms. The molecule has 1 heterocycles. The first kappa shape index (κ1) is 21.4. The summed E-state index contributed by atoms with van der Waals surface area (Å²) in [6.07, 6.45) is 2.40. The van der Waals surface area contributed by atoms with Crippen molar-refractivity contribution in [2.45, 2.75) is 72.8 Å². The third-order valence-electron chi connectivity index (χ3n) is 4.96. The van der Waals surface area contributed by atoms with Crippen molar-refractivity contribution in [2.24, 2.45) is 11.3 Å². The minimum Gasteiger partial charge on any atom is -0.481 e. The summed E-state index contributed by atoms with van der Waals surface area (Å²) in [7, 11) is 0. The van der Waals surface area contributed by atoms with Crippen LogP contribution in [0.2, 0.25) is 0 Å². The van der Waals surface area contributed by atoms with Crippen LogP contribution in [-0.4, -0.2) is 28.9 Å². The fraction of sp³-hybridized carbons (Fsp3) is 0.650. The van der Waals surface area contributed by atoms with Crippen LogP contribution in [0.15, 0.2) is 0 Å². The van der Waals surface area contributed by atoms with E-state index in [1.54, 1.807) is 0 Å². The number of fused-ring (bicyclic) bond motifs is 1. The quantitative estimate of drug-likeness (QED) is 0.683. The van der Waals surface area contributed by atoms with Gasteiger partial charge in [0.05, 0.1) is 12.0 Å². The fourth-order valence-electron chi connectivity index (χ4n) is 3.40. The number of rotatable bonds is 6. The van der Waals surface area contributed by atoms with Crippen LogP contribution >= 0.6 is 11.3 Å². The Labute approximate surface area is 164 Å². The Balaban J connectivity index is 2.32. The number of hydrogen-bond donors (Lipinski definition) is 3. The molecule has 1 aliphatic rings. The molecule has 2 amide bonds. The lowest BCUT2D eigenvalue weighted by Gasteiger charge is -2.33. The van der Waals surface area contributed by atoms with E-state index in [0.717, 1.165) is 29.7 Å². The van der Waals surface area contributed by atoms with E-state index in [1.807, 2.05) is 13.8 Å². The molecule has 3 N–H and O–H groups in total. The van der Waals surface area contributed by atoms with Crippen LogP contribution in [0.25, 0.3) is 0 Å². The Kier molecular flexibility index (Phi) is 6.68. The van der Waals surface area contributed by atoms with Gasteiger partial charge in [0.25, 0.3) is 5.91 Å². The molecule has 0 radical (unpaired) electrons. The number of amides is 2. The highest BCUT2D eigenvalue weighted by Gasteiger charge is 2.34. The fourth-order valence-corrected chi connectivity index (χ4v) is 4.74. The summed E-state index contributed by atoms with van der Waals surface area (Å²) in [5.41, 5.74) is 1.78. The summed E-state index contributed by atoms with van der Waals surface area (Å²) < 4.78 is 0. The number of carboxylic acids is 1. The number of carbonyl (C=O) groups is 3. The second-order valence-corrected chi connectivity index (χ2v) is 9.69. The molecular weight excluding hydrogens is 364 g/mol. The van der Waals surface area contributed by atoms with Gasteiger partial charge in [0.1, 0.15) is 5.00 Å². The van der Waals surface area contributed by atoms with E-state index in [1.165, 1.54) is 11.3 Å². The van der Waals surface area contributed by atoms with E-state index >= 15 is 0 Å². The molecule has 0 fully saturated rings. The maximum Gasteiger partial charge on any atom is 0.303 e. The normalized spacial score (nSPS) is 16.7. The van der Waals surface area contributed by atoms with Crippen LogP contribution in [-0.2, 0) is 22.4 Å². The first-order chi connectivity index (χ1) is 12.5. The van der Waals surface area contributed by atoms with Crippen LogP contribution < -0.4 is 10.6 Å². The third-order valence-corrected chi connectivity index (χ3v) is 6.13. The topological polar surface area (TPSA) is 95.5 Å². The van der Waals surface area contributed by atoms with Crippen LogP contribution in [0.1, 0.15) is 74.7 Å². The van der Waals surface area contributed by atoms with E-state index < -0.39 is 5.97 Å². The number of carboxylic acid groups (broad SMARTS) is 1. The Morgan fingerprint density at radius 3 is 2.44 bits per heavy atom. The highest BCUT2D eigenvalue weighted by molar-refractivity contribution is 7.17. The van der Waals surface area contributed by atoms with Crippen molar-refractivity contribution in [1.82, 2.24) is 5.32 Å². The average Bonchev–Trinajstić information content (AvgIpc) is 2.88. The molecule has 0 saturated carbocycles. The zero-order valence-corrected chi connectivity index (χ0v) is 17.6. The number of aliphatic carboxylic acids is 1. The van der Waals surface area contributed by atoms with Gasteiger partial charge in [-0.3, -0.25) is 14.4 Å². The van der Waals surface area contributed by atoms with Crippen LogP contribution in [0.4, 0.5) is 5.00 Å². The molecule has 6 nitrogen and oxygen atoms in total. The maximum atomic E-state index is 12.8. The molecule has 1 aliphatic carbocycles. The zero-order chi connectivity index (χ0) is 20.4. The highest BCUT2D eigenvalue weighted by atomic mass is 32.1. The lowest BCUT2D eigenvalue weighted by atomic mass is 9.72. The number of thiophene rings is 1. The second-order valence-electron chi connectivity index (χ2n) is 8.58. The average molecular weight is 395 g/mol. The summed E-state index contributed by atoms with van der Waals surface area (Å²) in [5, 5.41) is 15.0. The molecule has 1 aromatic heterocycles. The maximum absolute atomic E-state index is 12.8. The van der Waals surface area contributed by atoms with E-state index in [4.69, 9.17) is 5.11 Å². The minimum atomic E-state index is -1.01. The van der Waals surface area contributed by atoms with Gasteiger partial charge < -0.3 is 15.7 Å². The molecule has 1 aromatic rings. The Bertz CT molecular complexity index is 731. The molecule has 0 unspecified atom stereocenters. The van der Waals surface area contributed by atoms with Gasteiger partial charge in [0.15, 0.2) is 0 Å². The van der Waals surface area contributed by atoms with Gasteiger partial charge in [-0.1, -0.05) is 20.8 Å². The predicted octanol–water partition coefficient (Wildman–Crippen LogP) is 3.84. The van der Waals surface area contributed by atoms with Gasteiger partial charge in [0.2, 0.25) is 5.91 Å². The lowest BCUT2D eigenvalue weighted by Crippen LogP contribution is -2.32. The van der Waals surface area contributed by atoms with Crippen LogP contribution in [0, 0.1) is 11.3 Å². The van der Waals surface area contributed by atoms with Gasteiger partial charge in [-0.05, 0) is 50.0 Å². The highest BCUT2D eigenvalue weighted by Crippen LogP contribution is 2.44. The first-order valence-electron chi connectivity index (χ1n) is 9.46. The Morgan fingerprint density at radius 1 is 1.22 bits per heavy atom. The Hall–Kier alpha value is -1.89. The smallest absolute Gasteiger partial charge is 0.303 e. The SMILES string of the molecule is CC(C)NC(=O)c1c(NC(=O)CCC(=O)O)sc2c1CC[C@@H](C(C)(C)C)C2. The molecule has 1 atom stereocenters. The standard InChI is InChI=1S/C20H30N2O4S/c1-11(2)21-18(26)17-13-7-6-12(20(3,4)5)10-14(13)27-19(17)22-15(23)8-9-16(24)25/h11-12H,6-10H2,1-5H3,(H,21,26)(H,22,23)(H,24,25)/t12-/m1/s1. The molecule has 7 heteroatoms. The molecule has 0 aromatic carbocycles. The van der Waals surface area contributed by atoms with E-state index in [-0.39, 0.29) is 36.1 Å². The van der Waals surface area contributed by atoms with Gasteiger partial charge in [-0.2, -0.15) is 0 Å². The van der Waals surface area contributed by atoms with Gasteiger partial charge in [-0.15, -0.1) is 11.3 Å². The third kappa shape index (κ3) is 5.54. The number of anilines is 1. The molecule has 2 rings (SSSR count). The van der Waals surface area contributed by atoms with Crippen LogP contribution in [0.5, 0.6) is 0 Å². The predicted molar refractivity (Wildman–Crippen MR) is 107 cm³/mol. The summed E-state index contributed by atoms with van der Waals surface area (Å²) in [6.45, 7) is 10.5. The Morgan fingerprint density at radius 2 is 1.89 bits per heavy atom. The van der Waals surface area contributed by atoms with E-state index in [9.17, 15) is 14.4 Å². The number of carbonyl (C=O) groups excluding carboxylic acids is 2. The molecule has 150 valence electrons.